The molecular formula is C12H16O5. The molecule has 0 saturated heterocycles. The molecule has 0 saturated carbocycles. The number of methoxy groups -OCH3 is 2. The zero-order valence-electron chi connectivity index (χ0n) is 10.3. The zero-order valence-corrected chi connectivity index (χ0v) is 10.3. The predicted octanol–water partition coefficient (Wildman–Crippen LogP) is 2.19. The highest BCUT2D eigenvalue weighted by atomic mass is 16.5. The van der Waals surface area contributed by atoms with Crippen LogP contribution in [0.25, 0.3) is 0 Å². The van der Waals surface area contributed by atoms with Crippen LogP contribution in [0.3, 0.4) is 0 Å². The number of carboxylic acids is 1. The summed E-state index contributed by atoms with van der Waals surface area (Å²) in [5.41, 5.74) is 0.0453. The van der Waals surface area contributed by atoms with Gasteiger partial charge in [-0.25, -0.2) is 4.79 Å². The third-order valence-corrected chi connectivity index (χ3v) is 2.08. The molecule has 0 aliphatic heterocycles. The molecule has 0 atom stereocenters. The van der Waals surface area contributed by atoms with E-state index in [9.17, 15) is 4.79 Å². The molecule has 0 heterocycles. The molecule has 0 bridgehead atoms. The summed E-state index contributed by atoms with van der Waals surface area (Å²) in [4.78, 5) is 11.0. The fourth-order valence-corrected chi connectivity index (χ4v) is 1.42. The molecule has 1 aromatic rings. The standard InChI is InChI=1S/C12H16O5/c1-7(2)17-11-9(15-3)6-5-8(12(13)14)10(11)16-4/h5-7H,1-4H3,(H,13,14). The first kappa shape index (κ1) is 13.2. The van der Waals surface area contributed by atoms with Gasteiger partial charge in [-0.1, -0.05) is 0 Å². The molecule has 0 aliphatic rings. The third kappa shape index (κ3) is 2.81. The lowest BCUT2D eigenvalue weighted by Crippen LogP contribution is -2.10. The average molecular weight is 240 g/mol. The molecule has 1 rings (SSSR count). The number of carboxylic acid groups (broad SMARTS) is 1. The van der Waals surface area contributed by atoms with E-state index in [4.69, 9.17) is 19.3 Å². The van der Waals surface area contributed by atoms with E-state index in [2.05, 4.69) is 0 Å². The Morgan fingerprint density at radius 1 is 1.18 bits per heavy atom. The van der Waals surface area contributed by atoms with Crippen molar-refractivity contribution in [1.82, 2.24) is 0 Å². The van der Waals surface area contributed by atoms with Crippen molar-refractivity contribution >= 4 is 5.97 Å². The normalized spacial score (nSPS) is 10.2. The molecular weight excluding hydrogens is 224 g/mol. The summed E-state index contributed by atoms with van der Waals surface area (Å²) in [6, 6.07) is 2.97. The second kappa shape index (κ2) is 5.43. The van der Waals surface area contributed by atoms with Gasteiger partial charge in [0.2, 0.25) is 5.75 Å². The van der Waals surface area contributed by atoms with Crippen molar-refractivity contribution in [1.29, 1.82) is 0 Å². The van der Waals surface area contributed by atoms with E-state index in [-0.39, 0.29) is 17.4 Å². The van der Waals surface area contributed by atoms with Crippen LogP contribution in [-0.2, 0) is 0 Å². The molecule has 0 aromatic heterocycles. The molecule has 0 amide bonds. The number of hydrogen-bond acceptors (Lipinski definition) is 4. The summed E-state index contributed by atoms with van der Waals surface area (Å²) in [5, 5.41) is 9.04. The quantitative estimate of drug-likeness (QED) is 0.854. The van der Waals surface area contributed by atoms with Crippen molar-refractivity contribution < 1.29 is 24.1 Å². The number of hydrogen-bond donors (Lipinski definition) is 1. The number of ether oxygens (including phenoxy) is 3. The van der Waals surface area contributed by atoms with E-state index in [0.717, 1.165) is 0 Å². The van der Waals surface area contributed by atoms with E-state index in [1.165, 1.54) is 20.3 Å². The first-order chi connectivity index (χ1) is 8.01. The Kier molecular flexibility index (Phi) is 4.20. The SMILES string of the molecule is COc1ccc(C(=O)O)c(OC)c1OC(C)C. The van der Waals surface area contributed by atoms with Gasteiger partial charge in [-0.3, -0.25) is 0 Å². The van der Waals surface area contributed by atoms with Crippen LogP contribution in [-0.4, -0.2) is 31.4 Å². The number of aromatic carboxylic acids is 1. The van der Waals surface area contributed by atoms with Gasteiger partial charge in [-0.05, 0) is 26.0 Å². The van der Waals surface area contributed by atoms with Crippen LogP contribution in [0.5, 0.6) is 17.2 Å². The highest BCUT2D eigenvalue weighted by Crippen LogP contribution is 2.40. The van der Waals surface area contributed by atoms with Gasteiger partial charge in [-0.15, -0.1) is 0 Å². The van der Waals surface area contributed by atoms with Crippen LogP contribution in [0.15, 0.2) is 12.1 Å². The topological polar surface area (TPSA) is 65.0 Å². The first-order valence-corrected chi connectivity index (χ1v) is 5.16. The molecule has 0 radical (unpaired) electrons. The predicted molar refractivity (Wildman–Crippen MR) is 62.3 cm³/mol. The van der Waals surface area contributed by atoms with Gasteiger partial charge in [0.15, 0.2) is 11.5 Å². The van der Waals surface area contributed by atoms with E-state index >= 15 is 0 Å². The second-order valence-electron chi connectivity index (χ2n) is 3.65. The van der Waals surface area contributed by atoms with Crippen LogP contribution in [0.4, 0.5) is 0 Å². The van der Waals surface area contributed by atoms with Crippen molar-refractivity contribution in [2.45, 2.75) is 20.0 Å². The van der Waals surface area contributed by atoms with E-state index < -0.39 is 5.97 Å². The Morgan fingerprint density at radius 3 is 2.24 bits per heavy atom. The van der Waals surface area contributed by atoms with Crippen LogP contribution in [0, 0.1) is 0 Å². The molecule has 0 fully saturated rings. The lowest BCUT2D eigenvalue weighted by molar-refractivity contribution is 0.0691. The maximum Gasteiger partial charge on any atom is 0.339 e. The fourth-order valence-electron chi connectivity index (χ4n) is 1.42. The Labute approximate surface area is 99.9 Å². The second-order valence-corrected chi connectivity index (χ2v) is 3.65. The number of carbonyl (C=O) groups is 1. The maximum absolute atomic E-state index is 11.0. The lowest BCUT2D eigenvalue weighted by atomic mass is 10.1. The largest absolute Gasteiger partial charge is 0.493 e. The Balaban J connectivity index is 3.37. The van der Waals surface area contributed by atoms with Gasteiger partial charge < -0.3 is 19.3 Å². The first-order valence-electron chi connectivity index (χ1n) is 5.16. The Morgan fingerprint density at radius 2 is 1.82 bits per heavy atom. The van der Waals surface area contributed by atoms with Gasteiger partial charge in [0.05, 0.1) is 20.3 Å². The molecule has 17 heavy (non-hydrogen) atoms. The van der Waals surface area contributed by atoms with Crippen molar-refractivity contribution in [3.8, 4) is 17.2 Å². The van der Waals surface area contributed by atoms with Gasteiger partial charge in [0.25, 0.3) is 0 Å². The zero-order chi connectivity index (χ0) is 13.0. The molecule has 5 nitrogen and oxygen atoms in total. The van der Waals surface area contributed by atoms with Gasteiger partial charge >= 0.3 is 5.97 Å². The molecule has 0 unspecified atom stereocenters. The monoisotopic (exact) mass is 240 g/mol. The van der Waals surface area contributed by atoms with Crippen LogP contribution < -0.4 is 14.2 Å². The molecule has 5 heteroatoms. The number of rotatable bonds is 5. The molecule has 0 spiro atoms. The van der Waals surface area contributed by atoms with Crippen molar-refractivity contribution in [2.24, 2.45) is 0 Å². The van der Waals surface area contributed by atoms with E-state index in [1.54, 1.807) is 6.07 Å². The van der Waals surface area contributed by atoms with E-state index in [0.29, 0.717) is 11.5 Å². The minimum absolute atomic E-state index is 0.0453. The highest BCUT2D eigenvalue weighted by molar-refractivity contribution is 5.92. The molecule has 1 aromatic carbocycles. The molecule has 1 N–H and O–H groups in total. The van der Waals surface area contributed by atoms with Crippen molar-refractivity contribution in [2.75, 3.05) is 14.2 Å². The minimum Gasteiger partial charge on any atom is -0.493 e. The summed E-state index contributed by atoms with van der Waals surface area (Å²) >= 11 is 0. The Bertz CT molecular complexity index is 412. The summed E-state index contributed by atoms with van der Waals surface area (Å²) in [5.74, 6) is -0.144. The number of benzene rings is 1. The molecule has 94 valence electrons. The lowest BCUT2D eigenvalue weighted by Gasteiger charge is -2.17. The smallest absolute Gasteiger partial charge is 0.339 e. The summed E-state index contributed by atoms with van der Waals surface area (Å²) < 4.78 is 15.8. The van der Waals surface area contributed by atoms with Crippen molar-refractivity contribution in [3.63, 3.8) is 0 Å². The average Bonchev–Trinajstić information content (AvgIpc) is 2.27. The van der Waals surface area contributed by atoms with Crippen LogP contribution >= 0.6 is 0 Å². The fraction of sp³-hybridized carbons (Fsp3) is 0.417. The molecule has 0 aliphatic carbocycles. The minimum atomic E-state index is -1.07. The van der Waals surface area contributed by atoms with E-state index in [1.807, 2.05) is 13.8 Å². The van der Waals surface area contributed by atoms with Gasteiger partial charge in [0, 0.05) is 0 Å². The van der Waals surface area contributed by atoms with Crippen LogP contribution in [0.1, 0.15) is 24.2 Å². The Hall–Kier alpha value is -1.91. The maximum atomic E-state index is 11.0. The summed E-state index contributed by atoms with van der Waals surface area (Å²) in [6.45, 7) is 3.68. The van der Waals surface area contributed by atoms with Gasteiger partial charge in [0.1, 0.15) is 5.56 Å². The highest BCUT2D eigenvalue weighted by Gasteiger charge is 2.21. The summed E-state index contributed by atoms with van der Waals surface area (Å²) in [6.07, 6.45) is -0.109. The van der Waals surface area contributed by atoms with Crippen LogP contribution in [0.2, 0.25) is 0 Å². The summed E-state index contributed by atoms with van der Waals surface area (Å²) in [7, 11) is 2.89. The third-order valence-electron chi connectivity index (χ3n) is 2.08. The van der Waals surface area contributed by atoms with Gasteiger partial charge in [-0.2, -0.15) is 0 Å². The van der Waals surface area contributed by atoms with Crippen molar-refractivity contribution in [3.05, 3.63) is 17.7 Å².